The molecule has 0 radical (unpaired) electrons. The molecule has 0 fully saturated rings. The smallest absolute Gasteiger partial charge is 0.314 e. The van der Waals surface area contributed by atoms with Crippen LogP contribution in [0.4, 0.5) is 0 Å². The van der Waals surface area contributed by atoms with Crippen LogP contribution in [0.15, 0.2) is 27.9 Å². The molecule has 100 valence electrons. The average molecular weight is 319 g/mol. The number of carboxylic acids is 1. The van der Waals surface area contributed by atoms with Crippen LogP contribution in [0.25, 0.3) is 0 Å². The quantitative estimate of drug-likeness (QED) is 0.853. The Morgan fingerprint density at radius 3 is 2.84 bits per heavy atom. The molecule has 0 aliphatic heterocycles. The molecule has 0 aliphatic rings. The number of hydrogen-bond donors (Lipinski definition) is 1. The molecule has 1 heterocycles. The summed E-state index contributed by atoms with van der Waals surface area (Å²) in [7, 11) is 0. The topological polar surface area (TPSA) is 76.2 Å². The van der Waals surface area contributed by atoms with Crippen LogP contribution < -0.4 is 0 Å². The zero-order chi connectivity index (χ0) is 13.8. The standard InChI is InChI=1S/C11H8Cl2N2O3S/c12-7-2-1-6(3-8(7)13)4-9-14-11(18-15-9)19-5-10(16)17/h1-3H,4-5H2,(H,16,17). The van der Waals surface area contributed by atoms with Crippen molar-refractivity contribution in [2.45, 2.75) is 11.6 Å². The van der Waals surface area contributed by atoms with Crippen molar-refractivity contribution in [1.29, 1.82) is 0 Å². The molecular formula is C11H8Cl2N2O3S. The lowest BCUT2D eigenvalue weighted by Gasteiger charge is -1.99. The SMILES string of the molecule is O=C(O)CSc1nc(Cc2ccc(Cl)c(Cl)c2)no1. The Hall–Kier alpha value is -1.24. The van der Waals surface area contributed by atoms with Crippen molar-refractivity contribution in [3.05, 3.63) is 39.6 Å². The van der Waals surface area contributed by atoms with E-state index in [1.165, 1.54) is 0 Å². The van der Waals surface area contributed by atoms with E-state index < -0.39 is 5.97 Å². The van der Waals surface area contributed by atoms with Crippen molar-refractivity contribution >= 4 is 40.9 Å². The number of aromatic nitrogens is 2. The van der Waals surface area contributed by atoms with Gasteiger partial charge in [0.1, 0.15) is 5.75 Å². The van der Waals surface area contributed by atoms with Crippen molar-refractivity contribution in [2.24, 2.45) is 0 Å². The summed E-state index contributed by atoms with van der Waals surface area (Å²) < 4.78 is 4.92. The van der Waals surface area contributed by atoms with E-state index in [4.69, 9.17) is 32.8 Å². The highest BCUT2D eigenvalue weighted by Gasteiger charge is 2.10. The van der Waals surface area contributed by atoms with Gasteiger partial charge < -0.3 is 9.63 Å². The number of carboxylic acid groups (broad SMARTS) is 1. The molecule has 0 unspecified atom stereocenters. The monoisotopic (exact) mass is 318 g/mol. The van der Waals surface area contributed by atoms with Gasteiger partial charge in [-0.05, 0) is 17.7 Å². The summed E-state index contributed by atoms with van der Waals surface area (Å²) in [5.41, 5.74) is 0.894. The minimum absolute atomic E-state index is 0.117. The summed E-state index contributed by atoms with van der Waals surface area (Å²) in [6, 6.07) is 5.23. The highest BCUT2D eigenvalue weighted by atomic mass is 35.5. The third-order valence-corrected chi connectivity index (χ3v) is 3.66. The molecule has 0 saturated carbocycles. The fourth-order valence-corrected chi connectivity index (χ4v) is 2.15. The van der Waals surface area contributed by atoms with Crippen molar-refractivity contribution in [3.63, 3.8) is 0 Å². The van der Waals surface area contributed by atoms with Crippen LogP contribution in [-0.4, -0.2) is 27.0 Å². The Morgan fingerprint density at radius 2 is 2.16 bits per heavy atom. The molecule has 0 atom stereocenters. The summed E-state index contributed by atoms with van der Waals surface area (Å²) in [6.45, 7) is 0. The highest BCUT2D eigenvalue weighted by Crippen LogP contribution is 2.24. The van der Waals surface area contributed by atoms with Gasteiger partial charge in [0.2, 0.25) is 0 Å². The molecule has 1 aromatic carbocycles. The van der Waals surface area contributed by atoms with E-state index in [9.17, 15) is 4.79 Å². The Bertz CT molecular complexity index is 603. The molecule has 0 spiro atoms. The van der Waals surface area contributed by atoms with Gasteiger partial charge in [-0.3, -0.25) is 4.79 Å². The lowest BCUT2D eigenvalue weighted by molar-refractivity contribution is -0.133. The number of nitrogens with zero attached hydrogens (tertiary/aromatic N) is 2. The first-order chi connectivity index (χ1) is 9.04. The van der Waals surface area contributed by atoms with Crippen molar-refractivity contribution in [2.75, 3.05) is 5.75 Å². The highest BCUT2D eigenvalue weighted by molar-refractivity contribution is 7.99. The number of halogens is 2. The maximum Gasteiger partial charge on any atom is 0.314 e. The van der Waals surface area contributed by atoms with Gasteiger partial charge in [-0.25, -0.2) is 0 Å². The van der Waals surface area contributed by atoms with Crippen LogP contribution in [0.5, 0.6) is 0 Å². The average Bonchev–Trinajstić information content (AvgIpc) is 2.79. The number of thioether (sulfide) groups is 1. The van der Waals surface area contributed by atoms with E-state index in [0.29, 0.717) is 22.3 Å². The Labute approximate surface area is 122 Å². The molecule has 1 aromatic heterocycles. The van der Waals surface area contributed by atoms with Crippen LogP contribution in [0.2, 0.25) is 10.0 Å². The first-order valence-corrected chi connectivity index (χ1v) is 6.90. The molecule has 5 nitrogen and oxygen atoms in total. The van der Waals surface area contributed by atoms with Gasteiger partial charge in [0.25, 0.3) is 5.22 Å². The molecule has 2 aromatic rings. The minimum Gasteiger partial charge on any atom is -0.481 e. The van der Waals surface area contributed by atoms with Crippen LogP contribution in [0.3, 0.4) is 0 Å². The first kappa shape index (κ1) is 14.2. The number of benzene rings is 1. The molecule has 2 rings (SSSR count). The van der Waals surface area contributed by atoms with Crippen LogP contribution in [0, 0.1) is 0 Å². The lowest BCUT2D eigenvalue weighted by atomic mass is 10.1. The zero-order valence-corrected chi connectivity index (χ0v) is 11.8. The predicted octanol–water partition coefficient (Wildman–Crippen LogP) is 3.14. The normalized spacial score (nSPS) is 10.6. The molecular weight excluding hydrogens is 311 g/mol. The van der Waals surface area contributed by atoms with Gasteiger partial charge in [-0.15, -0.1) is 0 Å². The largest absolute Gasteiger partial charge is 0.481 e. The van der Waals surface area contributed by atoms with Gasteiger partial charge in [-0.1, -0.05) is 46.2 Å². The number of aliphatic carboxylic acids is 1. The fraction of sp³-hybridized carbons (Fsp3) is 0.182. The second-order valence-corrected chi connectivity index (χ2v) is 5.33. The number of rotatable bonds is 5. The van der Waals surface area contributed by atoms with Crippen molar-refractivity contribution < 1.29 is 14.4 Å². The van der Waals surface area contributed by atoms with Crippen LogP contribution in [0.1, 0.15) is 11.4 Å². The van der Waals surface area contributed by atoms with E-state index in [0.717, 1.165) is 17.3 Å². The zero-order valence-electron chi connectivity index (χ0n) is 9.47. The van der Waals surface area contributed by atoms with E-state index in [1.807, 2.05) is 6.07 Å². The maximum absolute atomic E-state index is 10.4. The fourth-order valence-electron chi connectivity index (χ4n) is 1.32. The number of hydrogen-bond acceptors (Lipinski definition) is 5. The summed E-state index contributed by atoms with van der Waals surface area (Å²) in [4.78, 5) is 14.5. The van der Waals surface area contributed by atoms with Crippen molar-refractivity contribution in [3.8, 4) is 0 Å². The third-order valence-electron chi connectivity index (χ3n) is 2.11. The summed E-state index contributed by atoms with van der Waals surface area (Å²) in [5, 5.41) is 13.5. The maximum atomic E-state index is 10.4. The molecule has 0 saturated heterocycles. The molecule has 0 amide bonds. The predicted molar refractivity (Wildman–Crippen MR) is 71.9 cm³/mol. The lowest BCUT2D eigenvalue weighted by Crippen LogP contribution is -1.97. The summed E-state index contributed by atoms with van der Waals surface area (Å²) in [5.74, 6) is -0.588. The van der Waals surface area contributed by atoms with Crippen LogP contribution >= 0.6 is 35.0 Å². The Morgan fingerprint density at radius 1 is 1.37 bits per heavy atom. The van der Waals surface area contributed by atoms with Crippen LogP contribution in [-0.2, 0) is 11.2 Å². The third kappa shape index (κ3) is 4.12. The van der Waals surface area contributed by atoms with E-state index in [2.05, 4.69) is 10.1 Å². The van der Waals surface area contributed by atoms with Crippen molar-refractivity contribution in [1.82, 2.24) is 10.1 Å². The second-order valence-electron chi connectivity index (χ2n) is 3.58. The summed E-state index contributed by atoms with van der Waals surface area (Å²) >= 11 is 12.7. The van der Waals surface area contributed by atoms with Gasteiger partial charge in [0, 0.05) is 6.42 Å². The van der Waals surface area contributed by atoms with E-state index in [1.54, 1.807) is 12.1 Å². The molecule has 19 heavy (non-hydrogen) atoms. The van der Waals surface area contributed by atoms with E-state index in [-0.39, 0.29) is 11.0 Å². The molecule has 8 heteroatoms. The first-order valence-electron chi connectivity index (χ1n) is 5.15. The Kier molecular flexibility index (Phi) is 4.68. The van der Waals surface area contributed by atoms with Gasteiger partial charge in [0.15, 0.2) is 5.82 Å². The van der Waals surface area contributed by atoms with Gasteiger partial charge in [0.05, 0.1) is 10.0 Å². The number of carbonyl (C=O) groups is 1. The Balaban J connectivity index is 2.02. The van der Waals surface area contributed by atoms with Gasteiger partial charge in [-0.2, -0.15) is 4.98 Å². The molecule has 0 aliphatic carbocycles. The molecule has 1 N–H and O–H groups in total. The van der Waals surface area contributed by atoms with Gasteiger partial charge >= 0.3 is 5.97 Å². The molecule has 0 bridgehead atoms. The minimum atomic E-state index is -0.936. The summed E-state index contributed by atoms with van der Waals surface area (Å²) in [6.07, 6.45) is 0.439. The van der Waals surface area contributed by atoms with E-state index >= 15 is 0 Å². The second kappa shape index (κ2) is 6.27.